The number of ether oxygens (including phenoxy) is 1. The summed E-state index contributed by atoms with van der Waals surface area (Å²) < 4.78 is 5.26. The molecule has 1 fully saturated rings. The van der Waals surface area contributed by atoms with Crippen molar-refractivity contribution < 1.29 is 23.9 Å². The lowest BCUT2D eigenvalue weighted by atomic mass is 9.78. The summed E-state index contributed by atoms with van der Waals surface area (Å²) in [4.78, 5) is 50.3. The van der Waals surface area contributed by atoms with E-state index in [1.54, 1.807) is 31.2 Å². The van der Waals surface area contributed by atoms with Crippen molar-refractivity contribution in [2.45, 2.75) is 65.0 Å². The number of imide groups is 1. The molecule has 1 N–H and O–H groups in total. The predicted molar refractivity (Wildman–Crippen MR) is 111 cm³/mol. The van der Waals surface area contributed by atoms with Gasteiger partial charge in [-0.15, -0.1) is 0 Å². The van der Waals surface area contributed by atoms with E-state index in [0.29, 0.717) is 23.0 Å². The highest BCUT2D eigenvalue weighted by atomic mass is 16.5. The standard InChI is InChI=1S/C23H30N2O5/c1-14-8-6-11-19(15(14)2)24-21(27)16(3)30-20(26)12-7-13-25-22(28)17-9-4-5-10-18(17)23(25)29/h4-5,9-10,14-16,19H,6-8,11-13H2,1-3H3,(H,24,27)/t14-,15+,16+,19+/m0/s1. The van der Waals surface area contributed by atoms with E-state index >= 15 is 0 Å². The van der Waals surface area contributed by atoms with E-state index in [-0.39, 0.29) is 43.1 Å². The van der Waals surface area contributed by atoms with Gasteiger partial charge in [0.2, 0.25) is 0 Å². The van der Waals surface area contributed by atoms with E-state index in [0.717, 1.165) is 17.7 Å². The Hall–Kier alpha value is -2.70. The zero-order valence-electron chi connectivity index (χ0n) is 17.8. The Bertz CT molecular complexity index is 802. The molecule has 7 heteroatoms. The van der Waals surface area contributed by atoms with Crippen LogP contribution in [0.3, 0.4) is 0 Å². The lowest BCUT2D eigenvalue weighted by Gasteiger charge is -2.35. The van der Waals surface area contributed by atoms with Crippen LogP contribution in [0.5, 0.6) is 0 Å². The maximum absolute atomic E-state index is 12.4. The first-order valence-corrected chi connectivity index (χ1v) is 10.7. The number of rotatable bonds is 7. The molecule has 30 heavy (non-hydrogen) atoms. The van der Waals surface area contributed by atoms with Crippen molar-refractivity contribution in [2.24, 2.45) is 11.8 Å². The number of hydrogen-bond donors (Lipinski definition) is 1. The number of benzene rings is 1. The largest absolute Gasteiger partial charge is 0.453 e. The molecule has 2 aliphatic rings. The topological polar surface area (TPSA) is 92.8 Å². The molecule has 0 spiro atoms. The van der Waals surface area contributed by atoms with Crippen molar-refractivity contribution in [3.8, 4) is 0 Å². The van der Waals surface area contributed by atoms with Crippen LogP contribution >= 0.6 is 0 Å². The van der Waals surface area contributed by atoms with Gasteiger partial charge in [0.15, 0.2) is 6.10 Å². The first-order valence-electron chi connectivity index (χ1n) is 10.7. The van der Waals surface area contributed by atoms with Gasteiger partial charge < -0.3 is 10.1 Å². The van der Waals surface area contributed by atoms with E-state index < -0.39 is 12.1 Å². The minimum Gasteiger partial charge on any atom is -0.453 e. The minimum absolute atomic E-state index is 0.0297. The summed E-state index contributed by atoms with van der Waals surface area (Å²) >= 11 is 0. The summed E-state index contributed by atoms with van der Waals surface area (Å²) in [7, 11) is 0. The Morgan fingerprint density at radius 2 is 1.77 bits per heavy atom. The van der Waals surface area contributed by atoms with Crippen LogP contribution in [0.2, 0.25) is 0 Å². The summed E-state index contributed by atoms with van der Waals surface area (Å²) in [5.41, 5.74) is 0.781. The normalized spacial score (nSPS) is 24.4. The van der Waals surface area contributed by atoms with Crippen molar-refractivity contribution in [2.75, 3.05) is 6.54 Å². The third kappa shape index (κ3) is 4.71. The average Bonchev–Trinajstić information content (AvgIpc) is 2.96. The third-order valence-corrected chi connectivity index (χ3v) is 6.35. The summed E-state index contributed by atoms with van der Waals surface area (Å²) in [5, 5.41) is 3.01. The van der Waals surface area contributed by atoms with Crippen LogP contribution in [0.1, 0.15) is 73.6 Å². The molecule has 1 saturated carbocycles. The fraction of sp³-hybridized carbons (Fsp3) is 0.565. The first-order chi connectivity index (χ1) is 14.3. The van der Waals surface area contributed by atoms with Gasteiger partial charge in [-0.1, -0.05) is 38.8 Å². The van der Waals surface area contributed by atoms with E-state index in [2.05, 4.69) is 19.2 Å². The second-order valence-corrected chi connectivity index (χ2v) is 8.43. The predicted octanol–water partition coefficient (Wildman–Crippen LogP) is 2.94. The molecule has 1 aliphatic carbocycles. The molecule has 1 aliphatic heterocycles. The second kappa shape index (κ2) is 9.41. The van der Waals surface area contributed by atoms with Gasteiger partial charge in [0.1, 0.15) is 0 Å². The van der Waals surface area contributed by atoms with Crippen LogP contribution in [-0.4, -0.2) is 47.3 Å². The summed E-state index contributed by atoms with van der Waals surface area (Å²) in [5.74, 6) is -0.525. The van der Waals surface area contributed by atoms with Crippen molar-refractivity contribution in [3.05, 3.63) is 35.4 Å². The van der Waals surface area contributed by atoms with Crippen molar-refractivity contribution in [1.29, 1.82) is 0 Å². The Balaban J connectivity index is 1.42. The van der Waals surface area contributed by atoms with Crippen LogP contribution in [0, 0.1) is 11.8 Å². The molecular formula is C23H30N2O5. The Morgan fingerprint density at radius 1 is 1.13 bits per heavy atom. The number of carbonyl (C=O) groups excluding carboxylic acids is 4. The zero-order valence-corrected chi connectivity index (χ0v) is 17.8. The van der Waals surface area contributed by atoms with Crippen LogP contribution in [0.25, 0.3) is 0 Å². The van der Waals surface area contributed by atoms with Crippen LogP contribution in [0.4, 0.5) is 0 Å². The van der Waals surface area contributed by atoms with Gasteiger partial charge in [0.05, 0.1) is 11.1 Å². The van der Waals surface area contributed by atoms with Gasteiger partial charge in [-0.05, 0) is 43.7 Å². The molecular weight excluding hydrogens is 384 g/mol. The van der Waals surface area contributed by atoms with Gasteiger partial charge >= 0.3 is 5.97 Å². The smallest absolute Gasteiger partial charge is 0.306 e. The molecule has 1 aromatic rings. The molecule has 3 rings (SSSR count). The SMILES string of the molecule is C[C@@H]1[C@@H](C)CCC[C@H]1NC(=O)[C@@H](C)OC(=O)CCCN1C(=O)c2ccccc2C1=O. The van der Waals surface area contributed by atoms with E-state index in [1.807, 2.05) is 0 Å². The number of fused-ring (bicyclic) bond motifs is 1. The molecule has 1 heterocycles. The molecule has 7 nitrogen and oxygen atoms in total. The third-order valence-electron chi connectivity index (χ3n) is 6.35. The number of carbonyl (C=O) groups is 4. The van der Waals surface area contributed by atoms with Gasteiger partial charge in [0.25, 0.3) is 17.7 Å². The lowest BCUT2D eigenvalue weighted by molar-refractivity contribution is -0.155. The van der Waals surface area contributed by atoms with E-state index in [9.17, 15) is 19.2 Å². The average molecular weight is 415 g/mol. The maximum atomic E-state index is 12.4. The summed E-state index contributed by atoms with van der Waals surface area (Å²) in [6, 6.07) is 6.78. The van der Waals surface area contributed by atoms with Gasteiger partial charge in [-0.25, -0.2) is 0 Å². The Labute approximate surface area is 177 Å². The highest BCUT2D eigenvalue weighted by molar-refractivity contribution is 6.21. The van der Waals surface area contributed by atoms with Crippen molar-refractivity contribution in [1.82, 2.24) is 10.2 Å². The fourth-order valence-electron chi connectivity index (χ4n) is 4.22. The Kier molecular flexibility index (Phi) is 6.90. The lowest BCUT2D eigenvalue weighted by Crippen LogP contribution is -2.47. The van der Waals surface area contributed by atoms with Crippen molar-refractivity contribution in [3.63, 3.8) is 0 Å². The highest BCUT2D eigenvalue weighted by Gasteiger charge is 2.35. The highest BCUT2D eigenvalue weighted by Crippen LogP contribution is 2.29. The minimum atomic E-state index is -0.874. The molecule has 3 amide bonds. The van der Waals surface area contributed by atoms with Crippen molar-refractivity contribution >= 4 is 23.7 Å². The van der Waals surface area contributed by atoms with Crippen LogP contribution in [0.15, 0.2) is 24.3 Å². The molecule has 4 atom stereocenters. The zero-order chi connectivity index (χ0) is 21.8. The van der Waals surface area contributed by atoms with E-state index in [1.165, 1.54) is 6.42 Å². The first kappa shape index (κ1) is 22.0. The number of nitrogens with zero attached hydrogens (tertiary/aromatic N) is 1. The molecule has 0 aromatic heterocycles. The second-order valence-electron chi connectivity index (χ2n) is 8.43. The number of esters is 1. The quantitative estimate of drug-likeness (QED) is 0.547. The van der Waals surface area contributed by atoms with Gasteiger partial charge in [0, 0.05) is 19.0 Å². The number of amides is 3. The molecule has 1 aromatic carbocycles. The number of hydrogen-bond acceptors (Lipinski definition) is 5. The van der Waals surface area contributed by atoms with Crippen LogP contribution < -0.4 is 5.32 Å². The van der Waals surface area contributed by atoms with Crippen LogP contribution in [-0.2, 0) is 14.3 Å². The molecule has 162 valence electrons. The van der Waals surface area contributed by atoms with Gasteiger partial charge in [-0.3, -0.25) is 24.1 Å². The number of nitrogens with one attached hydrogen (secondary N) is 1. The monoisotopic (exact) mass is 414 g/mol. The van der Waals surface area contributed by atoms with E-state index in [4.69, 9.17) is 4.74 Å². The summed E-state index contributed by atoms with van der Waals surface area (Å²) in [6.45, 7) is 6.04. The molecule has 0 bridgehead atoms. The van der Waals surface area contributed by atoms with Gasteiger partial charge in [-0.2, -0.15) is 0 Å². The molecule has 0 radical (unpaired) electrons. The fourth-order valence-corrected chi connectivity index (χ4v) is 4.22. The summed E-state index contributed by atoms with van der Waals surface area (Å²) in [6.07, 6.45) is 2.64. The Morgan fingerprint density at radius 3 is 2.40 bits per heavy atom. The molecule has 0 saturated heterocycles. The molecule has 0 unspecified atom stereocenters. The maximum Gasteiger partial charge on any atom is 0.306 e.